The van der Waals surface area contributed by atoms with Crippen LogP contribution >= 0.6 is 0 Å². The van der Waals surface area contributed by atoms with Crippen LogP contribution in [0, 0.1) is 0 Å². The van der Waals surface area contributed by atoms with Crippen LogP contribution in [0.25, 0.3) is 0 Å². The minimum absolute atomic E-state index is 0.517. The van der Waals surface area contributed by atoms with Crippen molar-refractivity contribution in [2.24, 2.45) is 0 Å². The molecular formula is C14H25NO10. The quantitative estimate of drug-likeness (QED) is 0.257. The Morgan fingerprint density at radius 2 is 1.68 bits per heavy atom. The number of aliphatic hydroxyl groups is 6. The lowest BCUT2D eigenvalue weighted by atomic mass is 9.96. The summed E-state index contributed by atoms with van der Waals surface area (Å²) in [6, 6.07) is -1.17. The molecule has 2 rings (SSSR count). The van der Waals surface area contributed by atoms with Gasteiger partial charge in [0, 0.05) is 6.92 Å². The van der Waals surface area contributed by atoms with E-state index in [1.807, 2.05) is 0 Å². The Kier molecular flexibility index (Phi) is 6.70. The minimum atomic E-state index is -1.68. The van der Waals surface area contributed by atoms with Crippen LogP contribution in [0.5, 0.6) is 0 Å². The molecule has 0 aromatic rings. The Morgan fingerprint density at radius 3 is 2.24 bits per heavy atom. The van der Waals surface area contributed by atoms with E-state index >= 15 is 0 Å². The van der Waals surface area contributed by atoms with Gasteiger partial charge < -0.3 is 50.2 Å². The van der Waals surface area contributed by atoms with E-state index in [1.54, 1.807) is 0 Å². The van der Waals surface area contributed by atoms with E-state index in [0.717, 1.165) is 0 Å². The first-order chi connectivity index (χ1) is 11.7. The lowest BCUT2D eigenvalue weighted by Gasteiger charge is -2.46. The largest absolute Gasteiger partial charge is 0.394 e. The SMILES string of the molecule is CC(=O)N[C@H]1C(O)O[C@H](C)[C@H](O)[C@@H]1O[C@@H]1O[C@H](CO)[C@H](O)[C@H](O)[C@H]1O. The number of rotatable bonds is 4. The molecule has 2 aliphatic heterocycles. The van der Waals surface area contributed by atoms with Crippen LogP contribution in [-0.2, 0) is 19.0 Å². The van der Waals surface area contributed by atoms with E-state index in [0.29, 0.717) is 0 Å². The molecule has 0 aromatic carbocycles. The first kappa shape index (κ1) is 20.4. The molecule has 0 aliphatic carbocycles. The van der Waals surface area contributed by atoms with Gasteiger partial charge in [-0.25, -0.2) is 0 Å². The zero-order valence-electron chi connectivity index (χ0n) is 13.8. The summed E-state index contributed by atoms with van der Waals surface area (Å²) >= 11 is 0. The van der Waals surface area contributed by atoms with Crippen LogP contribution in [0.1, 0.15) is 13.8 Å². The molecule has 2 aliphatic rings. The molecule has 0 saturated carbocycles. The van der Waals surface area contributed by atoms with Crippen molar-refractivity contribution in [3.63, 3.8) is 0 Å². The van der Waals surface area contributed by atoms with Crippen molar-refractivity contribution < 1.29 is 49.6 Å². The molecule has 25 heavy (non-hydrogen) atoms. The Labute approximate surface area is 143 Å². The number of carbonyl (C=O) groups is 1. The summed E-state index contributed by atoms with van der Waals surface area (Å²) in [4.78, 5) is 11.3. The third-order valence-electron chi connectivity index (χ3n) is 4.34. The normalized spacial score (nSPS) is 48.2. The van der Waals surface area contributed by atoms with Gasteiger partial charge in [0.25, 0.3) is 0 Å². The number of hydrogen-bond acceptors (Lipinski definition) is 10. The number of nitrogens with one attached hydrogen (secondary N) is 1. The van der Waals surface area contributed by atoms with Crippen LogP contribution < -0.4 is 5.32 Å². The molecule has 0 radical (unpaired) electrons. The fourth-order valence-electron chi connectivity index (χ4n) is 2.91. The first-order valence-electron chi connectivity index (χ1n) is 7.92. The molecule has 11 nitrogen and oxygen atoms in total. The van der Waals surface area contributed by atoms with Gasteiger partial charge in [-0.15, -0.1) is 0 Å². The molecule has 2 fully saturated rings. The highest BCUT2D eigenvalue weighted by molar-refractivity contribution is 5.73. The smallest absolute Gasteiger partial charge is 0.217 e. The second kappa shape index (κ2) is 8.20. The minimum Gasteiger partial charge on any atom is -0.394 e. The van der Waals surface area contributed by atoms with Crippen molar-refractivity contribution in [2.75, 3.05) is 6.61 Å². The molecule has 11 heteroatoms. The molecular weight excluding hydrogens is 342 g/mol. The van der Waals surface area contributed by atoms with E-state index < -0.39 is 73.9 Å². The zero-order valence-corrected chi connectivity index (χ0v) is 13.8. The molecule has 7 N–H and O–H groups in total. The van der Waals surface area contributed by atoms with E-state index in [-0.39, 0.29) is 0 Å². The molecule has 1 amide bonds. The van der Waals surface area contributed by atoms with Crippen molar-refractivity contribution in [3.05, 3.63) is 0 Å². The Balaban J connectivity index is 2.19. The van der Waals surface area contributed by atoms with Crippen LogP contribution in [-0.4, -0.2) is 105 Å². The molecule has 2 heterocycles. The number of aliphatic hydroxyl groups excluding tert-OH is 6. The Hall–Kier alpha value is -0.890. The number of amides is 1. The van der Waals surface area contributed by atoms with E-state index in [4.69, 9.17) is 14.2 Å². The highest BCUT2D eigenvalue weighted by Crippen LogP contribution is 2.28. The van der Waals surface area contributed by atoms with Crippen molar-refractivity contribution in [1.82, 2.24) is 5.32 Å². The second-order valence-corrected chi connectivity index (χ2v) is 6.25. The monoisotopic (exact) mass is 367 g/mol. The third kappa shape index (κ3) is 4.27. The predicted molar refractivity (Wildman–Crippen MR) is 78.8 cm³/mol. The topological polar surface area (TPSA) is 178 Å². The van der Waals surface area contributed by atoms with Gasteiger partial charge in [0.1, 0.15) is 42.7 Å². The van der Waals surface area contributed by atoms with E-state index in [2.05, 4.69) is 5.32 Å². The maximum Gasteiger partial charge on any atom is 0.217 e. The highest BCUT2D eigenvalue weighted by Gasteiger charge is 2.50. The van der Waals surface area contributed by atoms with Crippen molar-refractivity contribution in [2.45, 2.75) is 75.2 Å². The van der Waals surface area contributed by atoms with Crippen molar-refractivity contribution in [1.29, 1.82) is 0 Å². The maximum absolute atomic E-state index is 11.3. The molecule has 0 aromatic heterocycles. The lowest BCUT2D eigenvalue weighted by Crippen LogP contribution is -2.66. The first-order valence-corrected chi connectivity index (χ1v) is 7.92. The van der Waals surface area contributed by atoms with E-state index in [9.17, 15) is 35.4 Å². The van der Waals surface area contributed by atoms with Crippen LogP contribution in [0.3, 0.4) is 0 Å². The van der Waals surface area contributed by atoms with Crippen LogP contribution in [0.2, 0.25) is 0 Å². The Morgan fingerprint density at radius 1 is 1.04 bits per heavy atom. The maximum atomic E-state index is 11.3. The summed E-state index contributed by atoms with van der Waals surface area (Å²) in [5.41, 5.74) is 0. The van der Waals surface area contributed by atoms with Gasteiger partial charge in [0.15, 0.2) is 12.6 Å². The van der Waals surface area contributed by atoms with E-state index in [1.165, 1.54) is 13.8 Å². The molecule has 0 spiro atoms. The number of ether oxygens (including phenoxy) is 3. The van der Waals surface area contributed by atoms with Crippen LogP contribution in [0.4, 0.5) is 0 Å². The van der Waals surface area contributed by atoms with Gasteiger partial charge in [-0.1, -0.05) is 0 Å². The summed E-state index contributed by atoms with van der Waals surface area (Å²) < 4.78 is 15.8. The van der Waals surface area contributed by atoms with Crippen LogP contribution in [0.15, 0.2) is 0 Å². The number of hydrogen-bond donors (Lipinski definition) is 7. The summed E-state index contributed by atoms with van der Waals surface area (Å²) in [7, 11) is 0. The van der Waals surface area contributed by atoms with Gasteiger partial charge in [-0.2, -0.15) is 0 Å². The summed E-state index contributed by atoms with van der Waals surface area (Å²) in [5, 5.41) is 61.5. The summed E-state index contributed by atoms with van der Waals surface area (Å²) in [6.45, 7) is 2.03. The van der Waals surface area contributed by atoms with Gasteiger partial charge in [0.2, 0.25) is 5.91 Å². The standard InChI is InChI=1S/C14H25NO10/c1-4-8(18)12(7(13(22)23-4)15-5(2)17)25-14-11(21)10(20)9(19)6(3-16)24-14/h4,6-14,16,18-22H,3H2,1-2H3,(H,15,17)/t4-,6-,7-,8+,9+,10+,11-,12-,13?,14+/m1/s1. The summed E-state index contributed by atoms with van der Waals surface area (Å²) in [5.74, 6) is -0.517. The van der Waals surface area contributed by atoms with Gasteiger partial charge in [-0.05, 0) is 6.92 Å². The van der Waals surface area contributed by atoms with Gasteiger partial charge >= 0.3 is 0 Å². The number of carbonyl (C=O) groups excluding carboxylic acids is 1. The predicted octanol–water partition coefficient (Wildman–Crippen LogP) is -4.23. The van der Waals surface area contributed by atoms with Gasteiger partial charge in [0.05, 0.1) is 12.7 Å². The van der Waals surface area contributed by atoms with Crippen molar-refractivity contribution in [3.8, 4) is 0 Å². The second-order valence-electron chi connectivity index (χ2n) is 6.25. The van der Waals surface area contributed by atoms with Gasteiger partial charge in [-0.3, -0.25) is 4.79 Å². The van der Waals surface area contributed by atoms with Crippen molar-refractivity contribution >= 4 is 5.91 Å². The fraction of sp³-hybridized carbons (Fsp3) is 0.929. The molecule has 0 bridgehead atoms. The lowest BCUT2D eigenvalue weighted by molar-refractivity contribution is -0.339. The average molecular weight is 367 g/mol. The fourth-order valence-corrected chi connectivity index (χ4v) is 2.91. The summed E-state index contributed by atoms with van der Waals surface area (Å²) in [6.07, 6.45) is -12.5. The molecule has 2 saturated heterocycles. The molecule has 146 valence electrons. The zero-order chi connectivity index (χ0) is 18.9. The average Bonchev–Trinajstić information content (AvgIpc) is 2.55. The molecule has 10 atom stereocenters. The third-order valence-corrected chi connectivity index (χ3v) is 4.34. The molecule has 1 unspecified atom stereocenters. The highest BCUT2D eigenvalue weighted by atomic mass is 16.7. The Bertz CT molecular complexity index is 463.